The maximum absolute atomic E-state index is 10.7. The quantitative estimate of drug-likeness (QED) is 0.158. The van der Waals surface area contributed by atoms with Crippen molar-refractivity contribution >= 4 is 17.9 Å². The van der Waals surface area contributed by atoms with E-state index in [-0.39, 0.29) is 64.4 Å². The summed E-state index contributed by atoms with van der Waals surface area (Å²) in [5.74, 6) is -5.50. The van der Waals surface area contributed by atoms with E-state index < -0.39 is 46.5 Å². The van der Waals surface area contributed by atoms with Crippen molar-refractivity contribution in [3.63, 3.8) is 0 Å². The molecule has 9 N–H and O–H groups in total. The van der Waals surface area contributed by atoms with E-state index in [1.54, 1.807) is 0 Å². The Morgan fingerprint density at radius 1 is 1.04 bits per heavy atom. The number of aliphatic carboxylic acids is 3. The van der Waals surface area contributed by atoms with Crippen molar-refractivity contribution in [1.82, 2.24) is 6.15 Å². The van der Waals surface area contributed by atoms with Crippen LogP contribution in [0.4, 0.5) is 0 Å². The first-order chi connectivity index (χ1) is 8.92. The van der Waals surface area contributed by atoms with Crippen LogP contribution < -0.4 is 57.5 Å². The van der Waals surface area contributed by atoms with Crippen LogP contribution in [-0.4, -0.2) is 59.7 Å². The first-order valence-corrected chi connectivity index (χ1v) is 4.26. The van der Waals surface area contributed by atoms with Gasteiger partial charge in [0.15, 0.2) is 0 Å². The van der Waals surface area contributed by atoms with Crippen molar-refractivity contribution in [2.24, 2.45) is 0 Å². The standard InChI is InChI=1S/C6H7NO9.K.HNO3.H3N.H2O.H/c8-3(9)1-6(5(12)13,2-4(10)11)16-7(14)15;;2-1(3)4;;;/h1-2H2,(H,8,9)(H,10,11)(H,12,13);;(H,2,3,4);1H3;1H2;/q;+1;;;;-1. The molecular formula is C6H14KN3O13. The molecule has 132 valence electrons. The van der Waals surface area contributed by atoms with Gasteiger partial charge in [-0.25, -0.2) is 4.79 Å². The Balaban J connectivity index is -0.0000000911. The van der Waals surface area contributed by atoms with Gasteiger partial charge in [0.25, 0.3) is 10.2 Å². The zero-order valence-electron chi connectivity index (χ0n) is 12.6. The average Bonchev–Trinajstić information content (AvgIpc) is 2.11. The number of hydrogen-bond donors (Lipinski definition) is 5. The van der Waals surface area contributed by atoms with Crippen LogP contribution in [0.1, 0.15) is 14.3 Å². The first-order valence-electron chi connectivity index (χ1n) is 4.26. The van der Waals surface area contributed by atoms with Crippen LogP contribution in [0.15, 0.2) is 0 Å². The smallest absolute Gasteiger partial charge is 1.00 e. The Morgan fingerprint density at radius 2 is 1.30 bits per heavy atom. The number of carboxylic acid groups (broad SMARTS) is 3. The third-order valence-corrected chi connectivity index (χ3v) is 1.51. The summed E-state index contributed by atoms with van der Waals surface area (Å²) >= 11 is 0. The predicted octanol–water partition coefficient (Wildman–Crippen LogP) is -4.93. The van der Waals surface area contributed by atoms with Crippen LogP contribution in [0.25, 0.3) is 0 Å². The number of carboxylic acids is 3. The molecule has 0 aromatic carbocycles. The van der Waals surface area contributed by atoms with Crippen molar-refractivity contribution < 1.29 is 108 Å². The summed E-state index contributed by atoms with van der Waals surface area (Å²) in [6.45, 7) is 0. The van der Waals surface area contributed by atoms with Crippen molar-refractivity contribution in [2.75, 3.05) is 0 Å². The van der Waals surface area contributed by atoms with E-state index in [1.165, 1.54) is 0 Å². The van der Waals surface area contributed by atoms with Crippen LogP contribution in [0.2, 0.25) is 0 Å². The summed E-state index contributed by atoms with van der Waals surface area (Å²) in [4.78, 5) is 53.4. The molecule has 23 heavy (non-hydrogen) atoms. The maximum atomic E-state index is 10.7. The number of nitrogens with zero attached hydrogens (tertiary/aromatic N) is 2. The molecule has 0 heterocycles. The van der Waals surface area contributed by atoms with Gasteiger partial charge in [-0.1, -0.05) is 0 Å². The number of rotatable bonds is 7. The van der Waals surface area contributed by atoms with Crippen molar-refractivity contribution in [3.8, 4) is 0 Å². The number of hydrogen-bond acceptors (Lipinski definition) is 9. The van der Waals surface area contributed by atoms with E-state index in [1.807, 2.05) is 0 Å². The molecule has 0 spiro atoms. The Bertz CT molecular complexity index is 387. The molecule has 0 unspecified atom stereocenters. The Kier molecular flexibility index (Phi) is 22.0. The third kappa shape index (κ3) is 18.3. The fourth-order valence-electron chi connectivity index (χ4n) is 0.949. The van der Waals surface area contributed by atoms with E-state index >= 15 is 0 Å². The van der Waals surface area contributed by atoms with Gasteiger partial charge in [-0.15, -0.1) is 20.2 Å². The minimum atomic E-state index is -2.92. The predicted molar refractivity (Wildman–Crippen MR) is 61.5 cm³/mol. The summed E-state index contributed by atoms with van der Waals surface area (Å²) in [5, 5.41) is 47.5. The Hall–Kier alpha value is -1.63. The van der Waals surface area contributed by atoms with Gasteiger partial charge in [0, 0.05) is 0 Å². The second-order valence-electron chi connectivity index (χ2n) is 2.99. The van der Waals surface area contributed by atoms with Gasteiger partial charge in [-0.05, 0) is 0 Å². The van der Waals surface area contributed by atoms with Crippen molar-refractivity contribution in [3.05, 3.63) is 20.2 Å². The van der Waals surface area contributed by atoms with Gasteiger partial charge in [0.1, 0.15) is 0 Å². The van der Waals surface area contributed by atoms with Gasteiger partial charge >= 0.3 is 69.3 Å². The second-order valence-corrected chi connectivity index (χ2v) is 2.99. The molecule has 17 heteroatoms. The van der Waals surface area contributed by atoms with Crippen LogP contribution in [-0.2, 0) is 19.2 Å². The minimum absolute atomic E-state index is 0. The van der Waals surface area contributed by atoms with Crippen LogP contribution in [0.3, 0.4) is 0 Å². The molecule has 0 radical (unpaired) electrons. The van der Waals surface area contributed by atoms with Crippen molar-refractivity contribution in [2.45, 2.75) is 18.4 Å². The van der Waals surface area contributed by atoms with Gasteiger partial charge < -0.3 is 33.6 Å². The summed E-state index contributed by atoms with van der Waals surface area (Å²) < 4.78 is 0. The monoisotopic (exact) mass is 375 g/mol. The zero-order chi connectivity index (χ0) is 16.5. The topological polar surface area (TPSA) is 294 Å². The van der Waals surface area contributed by atoms with Gasteiger partial charge in [-0.3, -0.25) is 14.4 Å². The molecule has 0 bridgehead atoms. The summed E-state index contributed by atoms with van der Waals surface area (Å²) in [5.41, 5.74) is -2.92. The molecule has 16 nitrogen and oxygen atoms in total. The summed E-state index contributed by atoms with van der Waals surface area (Å²) in [7, 11) is 0. The maximum Gasteiger partial charge on any atom is 1.00 e. The molecule has 0 atom stereocenters. The Morgan fingerprint density at radius 3 is 1.43 bits per heavy atom. The third-order valence-electron chi connectivity index (χ3n) is 1.51. The van der Waals surface area contributed by atoms with E-state index in [2.05, 4.69) is 4.84 Å². The van der Waals surface area contributed by atoms with E-state index in [9.17, 15) is 24.5 Å². The van der Waals surface area contributed by atoms with Crippen molar-refractivity contribution in [1.29, 1.82) is 0 Å². The molecule has 0 rings (SSSR count). The molecule has 0 amide bonds. The van der Waals surface area contributed by atoms with Crippen LogP contribution in [0.5, 0.6) is 0 Å². The molecule has 0 aromatic rings. The molecule has 0 fully saturated rings. The molecule has 0 aliphatic rings. The fourth-order valence-corrected chi connectivity index (χ4v) is 0.949. The van der Waals surface area contributed by atoms with E-state index in [0.717, 1.165) is 0 Å². The minimum Gasteiger partial charge on any atom is -1.00 e. The molecule has 0 aromatic heterocycles. The Labute approximate surface area is 170 Å². The zero-order valence-corrected chi connectivity index (χ0v) is 14.7. The second kappa shape index (κ2) is 15.3. The van der Waals surface area contributed by atoms with E-state index in [4.69, 9.17) is 30.6 Å². The van der Waals surface area contributed by atoms with Crippen LogP contribution >= 0.6 is 0 Å². The first kappa shape index (κ1) is 33.1. The van der Waals surface area contributed by atoms with Crippen LogP contribution in [0, 0.1) is 20.2 Å². The molecule has 0 aliphatic heterocycles. The molecular weight excluding hydrogens is 361 g/mol. The summed E-state index contributed by atoms with van der Waals surface area (Å²) in [6.07, 6.45) is -2.68. The van der Waals surface area contributed by atoms with Gasteiger partial charge in [-0.2, -0.15) is 0 Å². The fraction of sp³-hybridized carbons (Fsp3) is 0.500. The van der Waals surface area contributed by atoms with Gasteiger partial charge in [0.05, 0.1) is 12.8 Å². The summed E-state index contributed by atoms with van der Waals surface area (Å²) in [6, 6.07) is 0. The number of carbonyl (C=O) groups is 3. The molecule has 0 aliphatic carbocycles. The largest absolute Gasteiger partial charge is 1.00 e. The molecule has 0 saturated carbocycles. The van der Waals surface area contributed by atoms with E-state index in [0.29, 0.717) is 0 Å². The average molecular weight is 375 g/mol. The normalized spacial score (nSPS) is 8.35. The SMILES string of the molecule is N.O.O=C(O)CC(CC(=O)O)(O[N+](=O)[O-])C(=O)O.O=[N+]([O-])O.[H-].[K+]. The molecule has 0 saturated heterocycles. The van der Waals surface area contributed by atoms with Gasteiger partial charge in [0.2, 0.25) is 5.60 Å².